The number of rotatable bonds is 5. The molecule has 0 bridgehead atoms. The Kier molecular flexibility index (Phi) is 7.74. The lowest BCUT2D eigenvalue weighted by atomic mass is 10.1. The summed E-state index contributed by atoms with van der Waals surface area (Å²) in [6, 6.07) is 12.2. The van der Waals surface area contributed by atoms with Gasteiger partial charge in [0.25, 0.3) is 0 Å². The summed E-state index contributed by atoms with van der Waals surface area (Å²) in [4.78, 5) is 6.38. The highest BCUT2D eigenvalue weighted by Gasteiger charge is 2.25. The molecule has 2 atom stereocenters. The van der Waals surface area contributed by atoms with Gasteiger partial charge in [-0.3, -0.25) is 4.99 Å². The number of ether oxygens (including phenoxy) is 1. The van der Waals surface area contributed by atoms with Gasteiger partial charge in [0, 0.05) is 44.9 Å². The molecule has 2 aliphatic rings. The second-order valence-corrected chi connectivity index (χ2v) is 7.58. The van der Waals surface area contributed by atoms with Crippen molar-refractivity contribution < 1.29 is 13.5 Å². The molecule has 0 spiro atoms. The van der Waals surface area contributed by atoms with Crippen molar-refractivity contribution in [1.29, 1.82) is 0 Å². The summed E-state index contributed by atoms with van der Waals surface area (Å²) in [5.41, 5.74) is 1.97. The summed E-state index contributed by atoms with van der Waals surface area (Å²) in [5.74, 6) is 0.510. The third-order valence-electron chi connectivity index (χ3n) is 5.55. The highest BCUT2D eigenvalue weighted by Crippen LogP contribution is 2.28. The largest absolute Gasteiger partial charge is 0.488 e. The average molecular weight is 528 g/mol. The molecule has 2 aromatic carbocycles. The number of para-hydroxylation sites is 1. The second-order valence-electron chi connectivity index (χ2n) is 7.58. The number of fused-ring (bicyclic) bond motifs is 1. The zero-order valence-corrected chi connectivity index (χ0v) is 19.2. The first kappa shape index (κ1) is 22.6. The van der Waals surface area contributed by atoms with Gasteiger partial charge in [-0.2, -0.15) is 0 Å². The van der Waals surface area contributed by atoms with E-state index in [0.717, 1.165) is 49.9 Å². The molecular formula is C22H27F2IN4O. The van der Waals surface area contributed by atoms with E-state index >= 15 is 0 Å². The molecule has 1 saturated heterocycles. The summed E-state index contributed by atoms with van der Waals surface area (Å²) >= 11 is 0. The number of hydrogen-bond donors (Lipinski definition) is 2. The Morgan fingerprint density at radius 2 is 1.93 bits per heavy atom. The van der Waals surface area contributed by atoms with Crippen molar-refractivity contribution in [2.75, 3.05) is 38.1 Å². The molecule has 0 aromatic heterocycles. The van der Waals surface area contributed by atoms with Crippen molar-refractivity contribution >= 4 is 35.6 Å². The molecule has 162 valence electrons. The molecule has 2 N–H and O–H groups in total. The van der Waals surface area contributed by atoms with Gasteiger partial charge in [0.1, 0.15) is 11.9 Å². The van der Waals surface area contributed by atoms with E-state index in [9.17, 15) is 8.78 Å². The number of hydrogen-bond acceptors (Lipinski definition) is 3. The number of nitrogens with zero attached hydrogens (tertiary/aromatic N) is 2. The lowest BCUT2D eigenvalue weighted by molar-refractivity contribution is 0.235. The Balaban J connectivity index is 0.00000256. The van der Waals surface area contributed by atoms with Crippen LogP contribution in [0.15, 0.2) is 47.5 Å². The van der Waals surface area contributed by atoms with Gasteiger partial charge in [-0.15, -0.1) is 24.0 Å². The van der Waals surface area contributed by atoms with E-state index in [1.165, 1.54) is 17.7 Å². The fourth-order valence-corrected chi connectivity index (χ4v) is 3.96. The summed E-state index contributed by atoms with van der Waals surface area (Å²) in [6.45, 7) is 3.08. The highest BCUT2D eigenvalue weighted by atomic mass is 127. The molecule has 8 heteroatoms. The smallest absolute Gasteiger partial charge is 0.191 e. The monoisotopic (exact) mass is 528 g/mol. The Morgan fingerprint density at radius 1 is 1.13 bits per heavy atom. The molecule has 2 aliphatic heterocycles. The highest BCUT2D eigenvalue weighted by molar-refractivity contribution is 14.0. The van der Waals surface area contributed by atoms with E-state index in [-0.39, 0.29) is 30.1 Å². The van der Waals surface area contributed by atoms with Crippen LogP contribution < -0.4 is 20.3 Å². The van der Waals surface area contributed by atoms with Crippen molar-refractivity contribution in [3.63, 3.8) is 0 Å². The van der Waals surface area contributed by atoms with Crippen LogP contribution in [-0.4, -0.2) is 45.3 Å². The normalized spacial score (nSPS) is 20.4. The molecule has 0 radical (unpaired) electrons. The molecule has 0 aliphatic carbocycles. The van der Waals surface area contributed by atoms with E-state index < -0.39 is 11.6 Å². The fourth-order valence-electron chi connectivity index (χ4n) is 3.96. The van der Waals surface area contributed by atoms with E-state index in [0.29, 0.717) is 12.5 Å². The number of nitrogens with one attached hydrogen (secondary N) is 2. The summed E-state index contributed by atoms with van der Waals surface area (Å²) < 4.78 is 32.6. The maximum Gasteiger partial charge on any atom is 0.191 e. The molecule has 0 amide bonds. The first-order valence-corrected chi connectivity index (χ1v) is 10.0. The molecule has 2 aromatic rings. The minimum atomic E-state index is -0.810. The van der Waals surface area contributed by atoms with Gasteiger partial charge in [-0.1, -0.05) is 18.2 Å². The lowest BCUT2D eigenvalue weighted by Gasteiger charge is -2.20. The Bertz CT molecular complexity index is 870. The lowest BCUT2D eigenvalue weighted by Crippen LogP contribution is -2.44. The van der Waals surface area contributed by atoms with Crippen molar-refractivity contribution in [2.45, 2.75) is 18.9 Å². The summed E-state index contributed by atoms with van der Waals surface area (Å²) in [5, 5.41) is 6.71. The van der Waals surface area contributed by atoms with Gasteiger partial charge >= 0.3 is 0 Å². The van der Waals surface area contributed by atoms with Crippen molar-refractivity contribution in [2.24, 2.45) is 10.9 Å². The standard InChI is InChI=1S/C22H26F2N4O.HI/c1-25-22(27-13-18-10-16-4-2-3-5-21(16)29-18)26-12-15-8-9-28(14-15)17-6-7-19(23)20(24)11-17;/h2-7,11,15,18H,8-10,12-14H2,1H3,(H2,25,26,27);1H. The van der Waals surface area contributed by atoms with E-state index in [1.54, 1.807) is 13.1 Å². The zero-order chi connectivity index (χ0) is 20.2. The van der Waals surface area contributed by atoms with Crippen LogP contribution >= 0.6 is 24.0 Å². The average Bonchev–Trinajstić information content (AvgIpc) is 3.37. The fraction of sp³-hybridized carbons (Fsp3) is 0.409. The molecule has 2 unspecified atom stereocenters. The topological polar surface area (TPSA) is 48.9 Å². The summed E-state index contributed by atoms with van der Waals surface area (Å²) in [6.07, 6.45) is 1.98. The van der Waals surface area contributed by atoms with Crippen molar-refractivity contribution in [3.05, 3.63) is 59.7 Å². The van der Waals surface area contributed by atoms with Gasteiger partial charge in [-0.25, -0.2) is 8.78 Å². The van der Waals surface area contributed by atoms with Gasteiger partial charge in [-0.05, 0) is 36.1 Å². The van der Waals surface area contributed by atoms with Crippen molar-refractivity contribution in [1.82, 2.24) is 10.6 Å². The van der Waals surface area contributed by atoms with Crippen LogP contribution in [0.25, 0.3) is 0 Å². The van der Waals surface area contributed by atoms with E-state index in [2.05, 4.69) is 26.6 Å². The third-order valence-corrected chi connectivity index (χ3v) is 5.55. The van der Waals surface area contributed by atoms with Crippen LogP contribution in [0.2, 0.25) is 0 Å². The first-order chi connectivity index (χ1) is 14.1. The van der Waals surface area contributed by atoms with Gasteiger partial charge in [0.2, 0.25) is 0 Å². The number of anilines is 1. The first-order valence-electron chi connectivity index (χ1n) is 10.0. The molecular weight excluding hydrogens is 501 g/mol. The second kappa shape index (κ2) is 10.3. The van der Waals surface area contributed by atoms with Crippen LogP contribution in [0.4, 0.5) is 14.5 Å². The molecule has 4 rings (SSSR count). The van der Waals surface area contributed by atoms with Gasteiger partial charge in [0.05, 0.1) is 6.54 Å². The predicted molar refractivity (Wildman–Crippen MR) is 126 cm³/mol. The predicted octanol–water partition coefficient (Wildman–Crippen LogP) is 3.58. The Labute approximate surface area is 192 Å². The molecule has 30 heavy (non-hydrogen) atoms. The Hall–Kier alpha value is -2.10. The maximum atomic E-state index is 13.5. The quantitative estimate of drug-likeness (QED) is 0.354. The van der Waals surface area contributed by atoms with Gasteiger partial charge in [0.15, 0.2) is 17.6 Å². The molecule has 0 saturated carbocycles. The number of guanidine groups is 1. The van der Waals surface area contributed by atoms with Crippen LogP contribution in [0.1, 0.15) is 12.0 Å². The van der Waals surface area contributed by atoms with Crippen LogP contribution in [0, 0.1) is 17.6 Å². The maximum absolute atomic E-state index is 13.5. The minimum Gasteiger partial charge on any atom is -0.488 e. The third kappa shape index (κ3) is 5.33. The summed E-state index contributed by atoms with van der Waals surface area (Å²) in [7, 11) is 1.75. The van der Waals surface area contributed by atoms with E-state index in [4.69, 9.17) is 4.74 Å². The zero-order valence-electron chi connectivity index (χ0n) is 16.9. The Morgan fingerprint density at radius 3 is 2.70 bits per heavy atom. The van der Waals surface area contributed by atoms with Gasteiger partial charge < -0.3 is 20.3 Å². The number of benzene rings is 2. The SMILES string of the molecule is CN=C(NCC1CCN(c2ccc(F)c(F)c2)C1)NCC1Cc2ccccc2O1.I. The van der Waals surface area contributed by atoms with Crippen LogP contribution in [-0.2, 0) is 6.42 Å². The number of aliphatic imine (C=N–C) groups is 1. The van der Waals surface area contributed by atoms with E-state index in [1.807, 2.05) is 18.2 Å². The van der Waals surface area contributed by atoms with Crippen molar-refractivity contribution in [3.8, 4) is 5.75 Å². The molecule has 2 heterocycles. The van der Waals surface area contributed by atoms with Crippen LogP contribution in [0.5, 0.6) is 5.75 Å². The number of halogens is 3. The minimum absolute atomic E-state index is 0. The molecule has 1 fully saturated rings. The van der Waals surface area contributed by atoms with Crippen LogP contribution in [0.3, 0.4) is 0 Å². The molecule has 5 nitrogen and oxygen atoms in total.